The van der Waals surface area contributed by atoms with Gasteiger partial charge in [-0.05, 0) is 54.1 Å². The zero-order valence-corrected chi connectivity index (χ0v) is 16.1. The number of carbonyl (C=O) groups is 1. The first kappa shape index (κ1) is 20.7. The minimum atomic E-state index is -0.584. The largest absolute Gasteiger partial charge is 0.496 e. The van der Waals surface area contributed by atoms with Crippen molar-refractivity contribution in [2.75, 3.05) is 7.11 Å². The second-order valence-electron chi connectivity index (χ2n) is 6.29. The van der Waals surface area contributed by atoms with Crippen LogP contribution >= 0.6 is 0 Å². The molecule has 0 unspecified atom stereocenters. The number of ether oxygens (including phenoxy) is 2. The minimum absolute atomic E-state index is 0.0205. The molecule has 0 aliphatic carbocycles. The highest BCUT2D eigenvalue weighted by atomic mass is 19.1. The highest BCUT2D eigenvalue weighted by Crippen LogP contribution is 2.24. The molecule has 0 spiro atoms. The van der Waals surface area contributed by atoms with Crippen molar-refractivity contribution in [3.63, 3.8) is 0 Å². The van der Waals surface area contributed by atoms with E-state index in [4.69, 9.17) is 9.47 Å². The molecule has 30 heavy (non-hydrogen) atoms. The molecule has 0 atom stereocenters. The molecule has 0 bridgehead atoms. The lowest BCUT2D eigenvalue weighted by atomic mass is 10.1. The number of para-hydroxylation sites is 1. The monoisotopic (exact) mass is 407 g/mol. The van der Waals surface area contributed by atoms with Gasteiger partial charge in [0.05, 0.1) is 17.6 Å². The van der Waals surface area contributed by atoms with Crippen LogP contribution in [0.3, 0.4) is 0 Å². The summed E-state index contributed by atoms with van der Waals surface area (Å²) < 4.78 is 24.0. The van der Waals surface area contributed by atoms with Crippen molar-refractivity contribution in [2.45, 2.75) is 6.61 Å². The number of hydrogen-bond acceptors (Lipinski definition) is 5. The number of halogens is 1. The van der Waals surface area contributed by atoms with Gasteiger partial charge < -0.3 is 9.47 Å². The zero-order chi connectivity index (χ0) is 21.5. The Hall–Kier alpha value is -4.00. The number of nitro benzene ring substituents is 1. The minimum Gasteiger partial charge on any atom is -0.496 e. The maximum Gasteiger partial charge on any atom is 0.280 e. The molecule has 0 fully saturated rings. The molecule has 152 valence electrons. The molecule has 0 aromatic heterocycles. The van der Waals surface area contributed by atoms with Gasteiger partial charge in [-0.2, -0.15) is 0 Å². The molecule has 0 radical (unpaired) electrons. The summed E-state index contributed by atoms with van der Waals surface area (Å²) in [6, 6.07) is 16.7. The second kappa shape index (κ2) is 9.47. The van der Waals surface area contributed by atoms with Gasteiger partial charge in [-0.1, -0.05) is 24.3 Å². The number of benzene rings is 3. The van der Waals surface area contributed by atoms with Gasteiger partial charge in [0, 0.05) is 11.6 Å². The Morgan fingerprint density at radius 3 is 2.53 bits per heavy atom. The Morgan fingerprint density at radius 2 is 1.83 bits per heavy atom. The molecule has 0 heterocycles. The third-order valence-electron chi connectivity index (χ3n) is 4.31. The fourth-order valence-corrected chi connectivity index (χ4v) is 2.81. The van der Waals surface area contributed by atoms with Gasteiger partial charge in [-0.3, -0.25) is 14.9 Å². The maximum atomic E-state index is 13.0. The predicted molar refractivity (Wildman–Crippen MR) is 110 cm³/mol. The van der Waals surface area contributed by atoms with Crippen molar-refractivity contribution in [3.8, 4) is 11.5 Å². The quantitative estimate of drug-likeness (QED) is 0.221. The van der Waals surface area contributed by atoms with E-state index in [0.29, 0.717) is 17.1 Å². The molecule has 7 heteroatoms. The van der Waals surface area contributed by atoms with Gasteiger partial charge in [0.25, 0.3) is 5.69 Å². The molecule has 6 nitrogen and oxygen atoms in total. The van der Waals surface area contributed by atoms with E-state index in [9.17, 15) is 19.3 Å². The molecule has 0 aliphatic heterocycles. The smallest absolute Gasteiger partial charge is 0.280 e. The van der Waals surface area contributed by atoms with Crippen molar-refractivity contribution in [1.29, 1.82) is 0 Å². The summed E-state index contributed by atoms with van der Waals surface area (Å²) in [5.41, 5.74) is 1.20. The Balaban J connectivity index is 1.78. The Labute approximate surface area is 172 Å². The molecule has 0 saturated carbocycles. The van der Waals surface area contributed by atoms with Crippen LogP contribution in [0.25, 0.3) is 6.08 Å². The van der Waals surface area contributed by atoms with E-state index in [2.05, 4.69) is 0 Å². The number of methoxy groups -OCH3 is 1. The van der Waals surface area contributed by atoms with E-state index in [-0.39, 0.29) is 23.7 Å². The third kappa shape index (κ3) is 5.08. The van der Waals surface area contributed by atoms with E-state index in [0.717, 1.165) is 5.56 Å². The van der Waals surface area contributed by atoms with Gasteiger partial charge >= 0.3 is 0 Å². The fourth-order valence-electron chi connectivity index (χ4n) is 2.81. The number of nitro groups is 1. The molecular formula is C23H18FNO5. The third-order valence-corrected chi connectivity index (χ3v) is 4.31. The number of rotatable bonds is 8. The highest BCUT2D eigenvalue weighted by Gasteiger charge is 2.17. The van der Waals surface area contributed by atoms with Crippen molar-refractivity contribution in [1.82, 2.24) is 0 Å². The Bertz CT molecular complexity index is 1090. The Kier molecular flexibility index (Phi) is 6.54. The van der Waals surface area contributed by atoms with Crippen molar-refractivity contribution < 1.29 is 23.6 Å². The van der Waals surface area contributed by atoms with Crippen molar-refractivity contribution in [2.24, 2.45) is 0 Å². The summed E-state index contributed by atoms with van der Waals surface area (Å²) in [6.07, 6.45) is 2.86. The fraction of sp³-hybridized carbons (Fsp3) is 0.0870. The molecule has 3 aromatic carbocycles. The van der Waals surface area contributed by atoms with Crippen LogP contribution in [0, 0.1) is 15.9 Å². The SMILES string of the molecule is COc1ccc(/C=C/C(=O)c2ccccc2[N+](=O)[O-])cc1COc1ccc(F)cc1. The van der Waals surface area contributed by atoms with Gasteiger partial charge in [0.2, 0.25) is 0 Å². The lowest BCUT2D eigenvalue weighted by molar-refractivity contribution is -0.385. The Morgan fingerprint density at radius 1 is 1.10 bits per heavy atom. The summed E-state index contributed by atoms with van der Waals surface area (Å²) in [4.78, 5) is 22.9. The number of allylic oxidation sites excluding steroid dienone is 1. The molecule has 0 aliphatic rings. The van der Waals surface area contributed by atoms with Crippen LogP contribution < -0.4 is 9.47 Å². The summed E-state index contributed by atoms with van der Waals surface area (Å²) in [5, 5.41) is 11.1. The van der Waals surface area contributed by atoms with Crippen LogP contribution in [0.5, 0.6) is 11.5 Å². The van der Waals surface area contributed by atoms with E-state index in [1.54, 1.807) is 30.3 Å². The van der Waals surface area contributed by atoms with Gasteiger partial charge in [-0.15, -0.1) is 0 Å². The molecule has 0 saturated heterocycles. The first-order valence-electron chi connectivity index (χ1n) is 8.99. The molecule has 3 rings (SSSR count). The summed E-state index contributed by atoms with van der Waals surface area (Å²) in [6.45, 7) is 0.175. The molecular weight excluding hydrogens is 389 g/mol. The average Bonchev–Trinajstić information content (AvgIpc) is 2.77. The summed E-state index contributed by atoms with van der Waals surface area (Å²) in [5.74, 6) is 0.280. The topological polar surface area (TPSA) is 78.7 Å². The van der Waals surface area contributed by atoms with Gasteiger partial charge in [-0.25, -0.2) is 4.39 Å². The molecule has 0 N–H and O–H groups in total. The van der Waals surface area contributed by atoms with Crippen LogP contribution in [-0.4, -0.2) is 17.8 Å². The van der Waals surface area contributed by atoms with Gasteiger partial charge in [0.15, 0.2) is 5.78 Å². The number of hydrogen-bond donors (Lipinski definition) is 0. The molecule has 0 amide bonds. The van der Waals surface area contributed by atoms with Gasteiger partial charge in [0.1, 0.15) is 23.9 Å². The first-order valence-corrected chi connectivity index (χ1v) is 8.99. The van der Waals surface area contributed by atoms with E-state index >= 15 is 0 Å². The predicted octanol–water partition coefficient (Wildman–Crippen LogP) is 5.22. The van der Waals surface area contributed by atoms with E-state index in [1.807, 2.05) is 0 Å². The normalized spacial score (nSPS) is 10.7. The number of carbonyl (C=O) groups excluding carboxylic acids is 1. The molecule has 3 aromatic rings. The zero-order valence-electron chi connectivity index (χ0n) is 16.1. The number of ketones is 1. The van der Waals surface area contributed by atoms with Crippen LogP contribution in [0.4, 0.5) is 10.1 Å². The van der Waals surface area contributed by atoms with Crippen molar-refractivity contribution >= 4 is 17.5 Å². The average molecular weight is 407 g/mol. The first-order chi connectivity index (χ1) is 14.5. The maximum absolute atomic E-state index is 13.0. The lowest BCUT2D eigenvalue weighted by Gasteiger charge is -2.11. The second-order valence-corrected chi connectivity index (χ2v) is 6.29. The lowest BCUT2D eigenvalue weighted by Crippen LogP contribution is -2.01. The van der Waals surface area contributed by atoms with Crippen LogP contribution in [0.15, 0.2) is 72.8 Å². The van der Waals surface area contributed by atoms with Crippen LogP contribution in [-0.2, 0) is 6.61 Å². The highest BCUT2D eigenvalue weighted by molar-refractivity contribution is 6.09. The summed E-state index contributed by atoms with van der Waals surface area (Å²) in [7, 11) is 1.53. The summed E-state index contributed by atoms with van der Waals surface area (Å²) >= 11 is 0. The standard InChI is InChI=1S/C23H18FNO5/c1-29-23-13-7-16(14-17(23)15-30-19-10-8-18(24)9-11-19)6-12-22(26)20-4-2-3-5-21(20)25(27)28/h2-14H,15H2,1H3/b12-6+. The van der Waals surface area contributed by atoms with E-state index in [1.165, 1.54) is 55.7 Å². The van der Waals surface area contributed by atoms with E-state index < -0.39 is 10.7 Å². The number of nitrogens with zero attached hydrogens (tertiary/aromatic N) is 1. The van der Waals surface area contributed by atoms with Crippen LogP contribution in [0.2, 0.25) is 0 Å². The van der Waals surface area contributed by atoms with Crippen LogP contribution in [0.1, 0.15) is 21.5 Å². The van der Waals surface area contributed by atoms with Crippen molar-refractivity contribution in [3.05, 3.63) is 105 Å².